The van der Waals surface area contributed by atoms with Gasteiger partial charge in [-0.25, -0.2) is 0 Å². The molecule has 1 N–H and O–H groups in total. The van der Waals surface area contributed by atoms with E-state index >= 15 is 0 Å². The highest BCUT2D eigenvalue weighted by Crippen LogP contribution is 2.35. The highest BCUT2D eigenvalue weighted by molar-refractivity contribution is 5.78. The van der Waals surface area contributed by atoms with Crippen LogP contribution in [0.15, 0.2) is 97.1 Å². The van der Waals surface area contributed by atoms with Crippen molar-refractivity contribution in [3.63, 3.8) is 0 Å². The number of carbonyl (C=O) groups is 2. The topological polar surface area (TPSA) is 82.1 Å². The molecular weight excluding hydrogens is 600 g/mol. The number of ether oxygens (including phenoxy) is 3. The maximum atomic E-state index is 12.5. The maximum Gasteiger partial charge on any atom is 0.317 e. The molecule has 0 spiro atoms. The van der Waals surface area contributed by atoms with E-state index in [-0.39, 0.29) is 40.5 Å². The van der Waals surface area contributed by atoms with Crippen molar-refractivity contribution in [2.45, 2.75) is 87.2 Å². The Kier molecular flexibility index (Phi) is 12.3. The zero-order chi connectivity index (χ0) is 35.9. The number of carbonyl (C=O) groups excluding carboxylic acids is 2. The summed E-state index contributed by atoms with van der Waals surface area (Å²) in [6, 6.07) is 30.3. The predicted octanol–water partition coefficient (Wildman–Crippen LogP) is 10.4. The van der Waals surface area contributed by atoms with Crippen LogP contribution in [-0.4, -0.2) is 22.6 Å². The van der Waals surface area contributed by atoms with Gasteiger partial charge in [0.2, 0.25) is 0 Å². The molecule has 0 aliphatic rings. The van der Waals surface area contributed by atoms with E-state index < -0.39 is 5.41 Å². The van der Waals surface area contributed by atoms with Crippen LogP contribution in [0.5, 0.6) is 23.0 Å². The molecular formula is C42H52O6. The number of hydrogen-bond donors (Lipinski definition) is 1. The Morgan fingerprint density at radius 2 is 0.958 bits per heavy atom. The van der Waals surface area contributed by atoms with Crippen LogP contribution in [0.2, 0.25) is 0 Å². The molecule has 0 unspecified atom stereocenters. The SMILES string of the molecule is CC(C)C(=O)Oc1ccc(-c2ccc(O)cc2)cc1.CC(C)C(C)(C)C(=O)Oc1ccc(C(C)(C)c2ccc(OC(C)(C)C)cc2)cc1. The molecule has 0 aromatic heterocycles. The molecule has 0 saturated heterocycles. The van der Waals surface area contributed by atoms with Gasteiger partial charge < -0.3 is 19.3 Å². The van der Waals surface area contributed by atoms with Gasteiger partial charge in [0.25, 0.3) is 0 Å². The summed E-state index contributed by atoms with van der Waals surface area (Å²) >= 11 is 0. The van der Waals surface area contributed by atoms with E-state index in [4.69, 9.17) is 14.2 Å². The van der Waals surface area contributed by atoms with Crippen molar-refractivity contribution in [2.75, 3.05) is 0 Å². The molecule has 4 aromatic rings. The number of aromatic hydroxyl groups is 1. The molecule has 4 rings (SSSR count). The van der Waals surface area contributed by atoms with Crippen LogP contribution < -0.4 is 14.2 Å². The summed E-state index contributed by atoms with van der Waals surface area (Å²) in [5.74, 6) is 1.86. The molecule has 0 fully saturated rings. The van der Waals surface area contributed by atoms with Crippen molar-refractivity contribution in [1.82, 2.24) is 0 Å². The van der Waals surface area contributed by atoms with E-state index in [1.165, 1.54) is 5.56 Å². The molecule has 0 aliphatic heterocycles. The van der Waals surface area contributed by atoms with Gasteiger partial charge in [0, 0.05) is 5.41 Å². The third kappa shape index (κ3) is 10.5. The summed E-state index contributed by atoms with van der Waals surface area (Å²) in [6.45, 7) is 22.0. The summed E-state index contributed by atoms with van der Waals surface area (Å²) in [4.78, 5) is 23.9. The lowest BCUT2D eigenvalue weighted by Gasteiger charge is -2.28. The van der Waals surface area contributed by atoms with E-state index in [1.54, 1.807) is 38.1 Å². The summed E-state index contributed by atoms with van der Waals surface area (Å²) in [5, 5.41) is 9.24. The quantitative estimate of drug-likeness (QED) is 0.143. The second kappa shape index (κ2) is 15.5. The molecule has 0 radical (unpaired) electrons. The number of hydrogen-bond acceptors (Lipinski definition) is 6. The van der Waals surface area contributed by atoms with Crippen molar-refractivity contribution >= 4 is 11.9 Å². The number of rotatable bonds is 9. The zero-order valence-corrected chi connectivity index (χ0v) is 30.4. The van der Waals surface area contributed by atoms with E-state index in [0.717, 1.165) is 22.4 Å². The fraction of sp³-hybridized carbons (Fsp3) is 0.381. The van der Waals surface area contributed by atoms with Gasteiger partial charge >= 0.3 is 11.9 Å². The van der Waals surface area contributed by atoms with Crippen molar-refractivity contribution in [2.24, 2.45) is 17.3 Å². The van der Waals surface area contributed by atoms with Crippen LogP contribution in [0, 0.1) is 17.3 Å². The summed E-state index contributed by atoms with van der Waals surface area (Å²) in [7, 11) is 0. The molecule has 4 aromatic carbocycles. The first-order valence-electron chi connectivity index (χ1n) is 16.5. The normalized spacial score (nSPS) is 11.9. The average molecular weight is 653 g/mol. The maximum absolute atomic E-state index is 12.5. The molecule has 256 valence electrons. The summed E-state index contributed by atoms with van der Waals surface area (Å²) < 4.78 is 16.8. The highest BCUT2D eigenvalue weighted by atomic mass is 16.5. The van der Waals surface area contributed by atoms with Crippen LogP contribution in [-0.2, 0) is 15.0 Å². The Balaban J connectivity index is 0.000000284. The predicted molar refractivity (Wildman–Crippen MR) is 194 cm³/mol. The van der Waals surface area contributed by atoms with E-state index in [2.05, 4.69) is 26.0 Å². The first kappa shape index (κ1) is 37.9. The first-order valence-corrected chi connectivity index (χ1v) is 16.5. The summed E-state index contributed by atoms with van der Waals surface area (Å²) in [6.07, 6.45) is 0. The summed E-state index contributed by atoms with van der Waals surface area (Å²) in [5.41, 5.74) is 3.45. The van der Waals surface area contributed by atoms with E-state index in [0.29, 0.717) is 11.5 Å². The van der Waals surface area contributed by atoms with Gasteiger partial charge in [-0.15, -0.1) is 0 Å². The van der Waals surface area contributed by atoms with Crippen molar-refractivity contribution in [1.29, 1.82) is 0 Å². The lowest BCUT2D eigenvalue weighted by Crippen LogP contribution is -2.33. The van der Waals surface area contributed by atoms with Crippen LogP contribution in [0.1, 0.15) is 87.3 Å². The van der Waals surface area contributed by atoms with Gasteiger partial charge in [-0.1, -0.05) is 90.1 Å². The largest absolute Gasteiger partial charge is 0.508 e. The van der Waals surface area contributed by atoms with Gasteiger partial charge in [-0.05, 0) is 111 Å². The third-order valence-electron chi connectivity index (χ3n) is 8.50. The minimum atomic E-state index is -0.519. The molecule has 0 amide bonds. The number of phenolic OH excluding ortho intramolecular Hbond substituents is 1. The van der Waals surface area contributed by atoms with Crippen LogP contribution in [0.25, 0.3) is 11.1 Å². The van der Waals surface area contributed by atoms with Crippen LogP contribution in [0.3, 0.4) is 0 Å². The van der Waals surface area contributed by atoms with Gasteiger partial charge in [0.05, 0.1) is 11.3 Å². The van der Waals surface area contributed by atoms with Crippen molar-refractivity contribution in [3.8, 4) is 34.1 Å². The Labute approximate surface area is 287 Å². The fourth-order valence-corrected chi connectivity index (χ4v) is 4.48. The van der Waals surface area contributed by atoms with Crippen molar-refractivity contribution < 1.29 is 28.9 Å². The van der Waals surface area contributed by atoms with Gasteiger partial charge in [0.1, 0.15) is 28.6 Å². The van der Waals surface area contributed by atoms with Crippen LogP contribution in [0.4, 0.5) is 0 Å². The Bertz CT molecular complexity index is 1620. The third-order valence-corrected chi connectivity index (χ3v) is 8.50. The highest BCUT2D eigenvalue weighted by Gasteiger charge is 2.33. The molecule has 0 saturated carbocycles. The molecule has 6 heteroatoms. The molecule has 48 heavy (non-hydrogen) atoms. The second-order valence-electron chi connectivity index (χ2n) is 14.8. The Hall–Kier alpha value is -4.58. The number of benzene rings is 4. The van der Waals surface area contributed by atoms with Crippen LogP contribution >= 0.6 is 0 Å². The minimum Gasteiger partial charge on any atom is -0.508 e. The lowest BCUT2D eigenvalue weighted by molar-refractivity contribution is -0.146. The number of phenols is 1. The lowest BCUT2D eigenvalue weighted by atomic mass is 9.78. The van der Waals surface area contributed by atoms with Gasteiger partial charge in [-0.3, -0.25) is 9.59 Å². The fourth-order valence-electron chi connectivity index (χ4n) is 4.48. The molecule has 0 aliphatic carbocycles. The Morgan fingerprint density at radius 3 is 1.38 bits per heavy atom. The average Bonchev–Trinajstić information content (AvgIpc) is 3.02. The molecule has 0 heterocycles. The molecule has 0 bridgehead atoms. The first-order chi connectivity index (χ1) is 22.3. The smallest absolute Gasteiger partial charge is 0.317 e. The van der Waals surface area contributed by atoms with Gasteiger partial charge in [-0.2, -0.15) is 0 Å². The Morgan fingerprint density at radius 1 is 0.562 bits per heavy atom. The minimum absolute atomic E-state index is 0.142. The monoisotopic (exact) mass is 652 g/mol. The van der Waals surface area contributed by atoms with Crippen molar-refractivity contribution in [3.05, 3.63) is 108 Å². The second-order valence-corrected chi connectivity index (χ2v) is 14.8. The molecule has 6 nitrogen and oxygen atoms in total. The van der Waals surface area contributed by atoms with E-state index in [1.807, 2.05) is 109 Å². The van der Waals surface area contributed by atoms with Gasteiger partial charge in [0.15, 0.2) is 0 Å². The standard InChI is InChI=1S/C26H36O3.C16H16O3/c1-18(2)25(6,7)23(27)28-21-14-10-19(11-15-21)26(8,9)20-12-16-22(17-13-20)29-24(3,4)5;1-11(2)16(18)19-15-9-5-13(6-10-15)12-3-7-14(17)8-4-12/h10-18H,1-9H3;3-11,17H,1-2H3. The molecule has 0 atom stereocenters. The zero-order valence-electron chi connectivity index (χ0n) is 30.4. The van der Waals surface area contributed by atoms with E-state index in [9.17, 15) is 14.7 Å². The number of esters is 2.